The van der Waals surface area contributed by atoms with E-state index < -0.39 is 8.07 Å². The second-order valence-electron chi connectivity index (χ2n) is 7.14. The van der Waals surface area contributed by atoms with Crippen LogP contribution in [-0.4, -0.2) is 8.07 Å². The van der Waals surface area contributed by atoms with Crippen molar-refractivity contribution in [3.8, 4) is 11.5 Å². The van der Waals surface area contributed by atoms with Gasteiger partial charge in [-0.15, -0.1) is 11.5 Å². The summed E-state index contributed by atoms with van der Waals surface area (Å²) in [7, 11) is -2.16. The van der Waals surface area contributed by atoms with Gasteiger partial charge in [-0.3, -0.25) is 0 Å². The standard InChI is InChI=1S/C22H28Si/c1-5-6-7-14-19-23(22(2,3)4,20-15-10-8-11-16-20)21-17-12-9-13-18-21/h8-13,15-18H,5-7H2,1-4H3. The van der Waals surface area contributed by atoms with E-state index in [0.29, 0.717) is 0 Å². The Kier molecular flexibility index (Phi) is 5.85. The molecule has 0 N–H and O–H groups in total. The molecule has 1 heteroatoms. The number of rotatable bonds is 4. The first-order valence-corrected chi connectivity index (χ1v) is 10.6. The molecule has 0 heterocycles. The van der Waals surface area contributed by atoms with Crippen LogP contribution in [0.3, 0.4) is 0 Å². The largest absolute Gasteiger partial charge is 0.204 e. The normalized spacial score (nSPS) is 11.7. The lowest BCUT2D eigenvalue weighted by molar-refractivity contribution is 0.740. The molecule has 23 heavy (non-hydrogen) atoms. The SMILES string of the molecule is CCCCC#C[Si](c1ccccc1)(c1ccccc1)C(C)(C)C. The van der Waals surface area contributed by atoms with Crippen LogP contribution in [0.2, 0.25) is 5.04 Å². The average Bonchev–Trinajstić information content (AvgIpc) is 2.55. The zero-order chi connectivity index (χ0) is 16.8. The van der Waals surface area contributed by atoms with E-state index in [1.807, 2.05) is 0 Å². The van der Waals surface area contributed by atoms with Crippen LogP contribution in [-0.2, 0) is 0 Å². The molecule has 0 saturated carbocycles. The molecule has 0 aliphatic rings. The summed E-state index contributed by atoms with van der Waals surface area (Å²) in [5.41, 5.74) is 3.83. The van der Waals surface area contributed by atoms with E-state index in [2.05, 4.69) is 99.8 Å². The van der Waals surface area contributed by atoms with Crippen LogP contribution in [0, 0.1) is 11.5 Å². The first-order chi connectivity index (χ1) is 11.0. The third-order valence-electron chi connectivity index (χ3n) is 4.47. The molecule has 0 aromatic heterocycles. The van der Waals surface area contributed by atoms with Crippen LogP contribution in [0.25, 0.3) is 0 Å². The topological polar surface area (TPSA) is 0 Å². The van der Waals surface area contributed by atoms with Crippen molar-refractivity contribution >= 4 is 18.4 Å². The van der Waals surface area contributed by atoms with Crippen LogP contribution >= 0.6 is 0 Å². The molecule has 2 rings (SSSR count). The molecule has 0 fully saturated rings. The van der Waals surface area contributed by atoms with Crippen LogP contribution in [0.15, 0.2) is 60.7 Å². The van der Waals surface area contributed by atoms with Gasteiger partial charge in [-0.05, 0) is 21.8 Å². The monoisotopic (exact) mass is 320 g/mol. The third-order valence-corrected chi connectivity index (χ3v) is 9.67. The van der Waals surface area contributed by atoms with Gasteiger partial charge in [0.25, 0.3) is 0 Å². The third kappa shape index (κ3) is 3.76. The maximum atomic E-state index is 3.83. The summed E-state index contributed by atoms with van der Waals surface area (Å²) in [6.45, 7) is 9.29. The smallest absolute Gasteiger partial charge is 0.119 e. The van der Waals surface area contributed by atoms with Crippen LogP contribution in [0.4, 0.5) is 0 Å². The maximum Gasteiger partial charge on any atom is 0.204 e. The van der Waals surface area contributed by atoms with Crippen molar-refractivity contribution in [2.75, 3.05) is 0 Å². The lowest BCUT2D eigenvalue weighted by Gasteiger charge is -2.39. The molecule has 0 aliphatic heterocycles. The van der Waals surface area contributed by atoms with Crippen molar-refractivity contribution in [2.24, 2.45) is 0 Å². The van der Waals surface area contributed by atoms with Crippen molar-refractivity contribution in [2.45, 2.75) is 52.0 Å². The van der Waals surface area contributed by atoms with Gasteiger partial charge in [-0.1, -0.05) is 94.8 Å². The van der Waals surface area contributed by atoms with Crippen molar-refractivity contribution < 1.29 is 0 Å². The van der Waals surface area contributed by atoms with Gasteiger partial charge >= 0.3 is 0 Å². The Labute approximate surface area is 143 Å². The molecule has 0 saturated heterocycles. The number of unbranched alkanes of at least 4 members (excludes halogenated alkanes) is 2. The zero-order valence-corrected chi connectivity index (χ0v) is 15.9. The van der Waals surface area contributed by atoms with Gasteiger partial charge in [0.05, 0.1) is 0 Å². The molecular formula is C22H28Si. The molecule has 2 aromatic carbocycles. The Hall–Kier alpha value is -1.78. The molecule has 0 atom stereocenters. The fraction of sp³-hybridized carbons (Fsp3) is 0.364. The van der Waals surface area contributed by atoms with E-state index in [1.165, 1.54) is 23.2 Å². The van der Waals surface area contributed by atoms with Crippen LogP contribution < -0.4 is 10.4 Å². The summed E-state index contributed by atoms with van der Waals surface area (Å²) in [6.07, 6.45) is 3.39. The van der Waals surface area contributed by atoms with Gasteiger partial charge in [-0.2, -0.15) is 0 Å². The number of hydrogen-bond acceptors (Lipinski definition) is 0. The van der Waals surface area contributed by atoms with Crippen molar-refractivity contribution in [3.05, 3.63) is 60.7 Å². The molecular weight excluding hydrogens is 292 g/mol. The molecule has 0 unspecified atom stereocenters. The Morgan fingerprint density at radius 3 is 1.70 bits per heavy atom. The molecule has 0 spiro atoms. The highest BCUT2D eigenvalue weighted by Gasteiger charge is 2.46. The zero-order valence-electron chi connectivity index (χ0n) is 14.9. The van der Waals surface area contributed by atoms with Gasteiger partial charge in [0, 0.05) is 6.42 Å². The van der Waals surface area contributed by atoms with E-state index >= 15 is 0 Å². The summed E-state index contributed by atoms with van der Waals surface area (Å²) < 4.78 is 0. The predicted octanol–water partition coefficient (Wildman–Crippen LogP) is 4.78. The van der Waals surface area contributed by atoms with Gasteiger partial charge in [0.1, 0.15) is 0 Å². The first-order valence-electron chi connectivity index (χ1n) is 8.63. The molecule has 0 radical (unpaired) electrons. The average molecular weight is 321 g/mol. The van der Waals surface area contributed by atoms with Gasteiger partial charge in [0.2, 0.25) is 8.07 Å². The van der Waals surface area contributed by atoms with Crippen LogP contribution in [0.1, 0.15) is 47.0 Å². The van der Waals surface area contributed by atoms with Gasteiger partial charge in [0.15, 0.2) is 0 Å². The van der Waals surface area contributed by atoms with E-state index in [4.69, 9.17) is 0 Å². The Balaban J connectivity index is 2.66. The molecule has 2 aromatic rings. The Bertz CT molecular complexity index is 614. The van der Waals surface area contributed by atoms with Crippen molar-refractivity contribution in [1.82, 2.24) is 0 Å². The minimum absolute atomic E-state index is 0.134. The molecule has 0 nitrogen and oxygen atoms in total. The molecule has 0 bridgehead atoms. The predicted molar refractivity (Wildman–Crippen MR) is 105 cm³/mol. The Morgan fingerprint density at radius 2 is 1.30 bits per heavy atom. The van der Waals surface area contributed by atoms with Crippen LogP contribution in [0.5, 0.6) is 0 Å². The summed E-state index contributed by atoms with van der Waals surface area (Å²) in [5, 5.41) is 2.97. The lowest BCUT2D eigenvalue weighted by Crippen LogP contribution is -2.63. The second kappa shape index (κ2) is 7.66. The van der Waals surface area contributed by atoms with Gasteiger partial charge in [-0.25, -0.2) is 0 Å². The molecule has 0 amide bonds. The molecule has 120 valence electrons. The first kappa shape index (κ1) is 17.6. The summed E-state index contributed by atoms with van der Waals surface area (Å²) in [6, 6.07) is 21.9. The lowest BCUT2D eigenvalue weighted by atomic mass is 10.2. The number of hydrogen-bond donors (Lipinski definition) is 0. The maximum absolute atomic E-state index is 3.83. The fourth-order valence-corrected chi connectivity index (χ4v) is 7.71. The van der Waals surface area contributed by atoms with E-state index in [-0.39, 0.29) is 5.04 Å². The van der Waals surface area contributed by atoms with Gasteiger partial charge < -0.3 is 0 Å². The minimum Gasteiger partial charge on any atom is -0.119 e. The second-order valence-corrected chi connectivity index (χ2v) is 11.5. The molecule has 0 aliphatic carbocycles. The fourth-order valence-electron chi connectivity index (χ4n) is 3.20. The number of benzene rings is 2. The highest BCUT2D eigenvalue weighted by atomic mass is 28.3. The van der Waals surface area contributed by atoms with E-state index in [1.54, 1.807) is 0 Å². The summed E-state index contributed by atoms with van der Waals surface area (Å²) in [5.74, 6) is 3.54. The minimum atomic E-state index is -2.16. The highest BCUT2D eigenvalue weighted by Crippen LogP contribution is 2.35. The summed E-state index contributed by atoms with van der Waals surface area (Å²) in [4.78, 5) is 0. The van der Waals surface area contributed by atoms with Crippen molar-refractivity contribution in [1.29, 1.82) is 0 Å². The van der Waals surface area contributed by atoms with E-state index in [0.717, 1.165) is 6.42 Å². The van der Waals surface area contributed by atoms with E-state index in [9.17, 15) is 0 Å². The highest BCUT2D eigenvalue weighted by molar-refractivity contribution is 7.10. The quantitative estimate of drug-likeness (QED) is 0.432. The summed E-state index contributed by atoms with van der Waals surface area (Å²) >= 11 is 0. The van der Waals surface area contributed by atoms with Crippen molar-refractivity contribution in [3.63, 3.8) is 0 Å². The Morgan fingerprint density at radius 1 is 0.826 bits per heavy atom.